The average Bonchev–Trinajstić information content (AvgIpc) is 2.60. The summed E-state index contributed by atoms with van der Waals surface area (Å²) in [5.41, 5.74) is 1.66. The number of halogens is 1. The molecule has 1 fully saturated rings. The minimum Gasteiger partial charge on any atom is -0.488 e. The summed E-state index contributed by atoms with van der Waals surface area (Å²) in [4.78, 5) is 12.5. The van der Waals surface area contributed by atoms with E-state index < -0.39 is 0 Å². The van der Waals surface area contributed by atoms with Gasteiger partial charge in [-0.1, -0.05) is 18.2 Å². The molecule has 0 bridgehead atoms. The van der Waals surface area contributed by atoms with E-state index in [4.69, 9.17) is 9.47 Å². The highest BCUT2D eigenvalue weighted by Gasteiger charge is 2.33. The van der Waals surface area contributed by atoms with Crippen LogP contribution < -0.4 is 15.4 Å². The van der Waals surface area contributed by atoms with Crippen LogP contribution in [0, 0.1) is 5.41 Å². The number of carbonyl (C=O) groups excluding carboxylic acids is 1. The van der Waals surface area contributed by atoms with Crippen LogP contribution in [0.1, 0.15) is 18.4 Å². The summed E-state index contributed by atoms with van der Waals surface area (Å²) >= 11 is 0. The normalized spacial score (nSPS) is 18.5. The smallest absolute Gasteiger partial charge is 0.250 e. The van der Waals surface area contributed by atoms with Gasteiger partial charge in [-0.3, -0.25) is 4.79 Å². The summed E-state index contributed by atoms with van der Waals surface area (Å²) < 4.78 is 11.0. The molecule has 0 saturated carbocycles. The Hall–Kier alpha value is -1.56. The minimum atomic E-state index is -0.0477. The van der Waals surface area contributed by atoms with E-state index in [-0.39, 0.29) is 23.7 Å². The van der Waals surface area contributed by atoms with Crippen LogP contribution in [0.5, 0.6) is 5.75 Å². The Kier molecular flexibility index (Phi) is 6.66. The topological polar surface area (TPSA) is 59.6 Å². The molecule has 2 heterocycles. The molecule has 2 N–H and O–H groups in total. The predicted octanol–water partition coefficient (Wildman–Crippen LogP) is 2.02. The van der Waals surface area contributed by atoms with Crippen molar-refractivity contribution in [2.24, 2.45) is 5.41 Å². The molecular weight excluding hydrogens is 328 g/mol. The second-order valence-electron chi connectivity index (χ2n) is 6.36. The average molecular weight is 353 g/mol. The van der Waals surface area contributed by atoms with Crippen LogP contribution in [0.4, 0.5) is 0 Å². The Morgan fingerprint density at radius 3 is 2.83 bits per heavy atom. The number of ether oxygens (including phenoxy) is 2. The molecule has 0 aromatic heterocycles. The first kappa shape index (κ1) is 18.8. The summed E-state index contributed by atoms with van der Waals surface area (Å²) in [6, 6.07) is 7.76. The van der Waals surface area contributed by atoms with E-state index in [1.165, 1.54) is 0 Å². The monoisotopic (exact) mass is 352 g/mol. The first-order valence-electron chi connectivity index (χ1n) is 8.13. The molecule has 1 saturated heterocycles. The number of carbonyl (C=O) groups is 1. The van der Waals surface area contributed by atoms with Crippen LogP contribution in [0.3, 0.4) is 0 Å². The van der Waals surface area contributed by atoms with Gasteiger partial charge in [-0.2, -0.15) is 0 Å². The molecule has 24 heavy (non-hydrogen) atoms. The molecule has 1 aromatic rings. The number of hydrogen-bond donors (Lipinski definition) is 2. The third-order valence-corrected chi connectivity index (χ3v) is 4.66. The molecule has 0 atom stereocenters. The van der Waals surface area contributed by atoms with Crippen LogP contribution in [0.2, 0.25) is 0 Å². The van der Waals surface area contributed by atoms with Crippen LogP contribution in [-0.2, 0) is 9.53 Å². The summed E-state index contributed by atoms with van der Waals surface area (Å²) in [6.45, 7) is 3.58. The first-order valence-corrected chi connectivity index (χ1v) is 8.13. The van der Waals surface area contributed by atoms with Crippen molar-refractivity contribution in [3.05, 3.63) is 35.4 Å². The molecule has 5 nitrogen and oxygen atoms in total. The highest BCUT2D eigenvalue weighted by atomic mass is 35.5. The molecule has 6 heteroatoms. The quantitative estimate of drug-likeness (QED) is 0.851. The van der Waals surface area contributed by atoms with Crippen LogP contribution in [0.15, 0.2) is 29.8 Å². The number of nitrogens with one attached hydrogen (secondary N) is 2. The van der Waals surface area contributed by atoms with Gasteiger partial charge in [0.05, 0.1) is 12.2 Å². The predicted molar refractivity (Wildman–Crippen MR) is 96.6 cm³/mol. The number of methoxy groups -OCH3 is 1. The van der Waals surface area contributed by atoms with Crippen molar-refractivity contribution in [3.63, 3.8) is 0 Å². The zero-order chi connectivity index (χ0) is 16.1. The fourth-order valence-corrected chi connectivity index (χ4v) is 3.26. The van der Waals surface area contributed by atoms with E-state index in [1.54, 1.807) is 7.11 Å². The summed E-state index contributed by atoms with van der Waals surface area (Å²) in [5, 5.41) is 6.44. The molecule has 1 aromatic carbocycles. The molecule has 0 unspecified atom stereocenters. The largest absolute Gasteiger partial charge is 0.488 e. The maximum absolute atomic E-state index is 12.5. The lowest BCUT2D eigenvalue weighted by atomic mass is 9.79. The van der Waals surface area contributed by atoms with E-state index >= 15 is 0 Å². The van der Waals surface area contributed by atoms with Crippen molar-refractivity contribution in [1.82, 2.24) is 10.6 Å². The summed E-state index contributed by atoms with van der Waals surface area (Å²) in [5.74, 6) is 0.784. The fourth-order valence-electron chi connectivity index (χ4n) is 3.26. The number of fused-ring (bicyclic) bond motifs is 1. The number of hydrogen-bond acceptors (Lipinski definition) is 4. The third kappa shape index (κ3) is 4.29. The number of amides is 1. The van der Waals surface area contributed by atoms with Crippen LogP contribution in [0.25, 0.3) is 6.08 Å². The number of piperidine rings is 1. The summed E-state index contributed by atoms with van der Waals surface area (Å²) in [7, 11) is 1.72. The van der Waals surface area contributed by atoms with Crippen LogP contribution >= 0.6 is 12.4 Å². The third-order valence-electron chi connectivity index (χ3n) is 4.66. The van der Waals surface area contributed by atoms with E-state index in [0.29, 0.717) is 25.3 Å². The number of benzene rings is 1. The van der Waals surface area contributed by atoms with E-state index in [1.807, 2.05) is 30.3 Å². The van der Waals surface area contributed by atoms with Crippen molar-refractivity contribution in [1.29, 1.82) is 0 Å². The second-order valence-corrected chi connectivity index (χ2v) is 6.36. The lowest BCUT2D eigenvalue weighted by Crippen LogP contribution is -2.47. The molecule has 1 amide bonds. The zero-order valence-electron chi connectivity index (χ0n) is 14.0. The van der Waals surface area contributed by atoms with Gasteiger partial charge in [0.2, 0.25) is 0 Å². The van der Waals surface area contributed by atoms with Gasteiger partial charge >= 0.3 is 0 Å². The Morgan fingerprint density at radius 2 is 2.08 bits per heavy atom. The summed E-state index contributed by atoms with van der Waals surface area (Å²) in [6.07, 6.45) is 3.94. The Bertz CT molecular complexity index is 592. The zero-order valence-corrected chi connectivity index (χ0v) is 14.8. The van der Waals surface area contributed by atoms with Gasteiger partial charge < -0.3 is 20.1 Å². The SMILES string of the molecule is COCC1(CNC(=O)C2=Cc3ccccc3OC2)CCNCC1.Cl. The highest BCUT2D eigenvalue weighted by molar-refractivity contribution is 5.99. The molecule has 0 aliphatic carbocycles. The van der Waals surface area contributed by atoms with Gasteiger partial charge in [0.15, 0.2) is 0 Å². The van der Waals surface area contributed by atoms with Crippen LogP contribution in [-0.4, -0.2) is 45.9 Å². The van der Waals surface area contributed by atoms with Crippen molar-refractivity contribution in [2.75, 3.05) is 40.0 Å². The van der Waals surface area contributed by atoms with E-state index in [0.717, 1.165) is 37.2 Å². The lowest BCUT2D eigenvalue weighted by molar-refractivity contribution is -0.118. The maximum atomic E-state index is 12.5. The number of para-hydroxylation sites is 1. The molecule has 0 spiro atoms. The Labute approximate surface area is 149 Å². The fraction of sp³-hybridized carbons (Fsp3) is 0.500. The molecular formula is C18H25ClN2O3. The minimum absolute atomic E-state index is 0. The van der Waals surface area contributed by atoms with Crippen molar-refractivity contribution in [3.8, 4) is 5.75 Å². The molecule has 132 valence electrons. The maximum Gasteiger partial charge on any atom is 0.250 e. The molecule has 2 aliphatic rings. The van der Waals surface area contributed by atoms with Gasteiger partial charge in [0.1, 0.15) is 12.4 Å². The standard InChI is InChI=1S/C18H24N2O3.ClH/c1-22-13-18(6-8-19-9-7-18)12-20-17(21)15-10-14-4-2-3-5-16(14)23-11-15;/h2-5,10,19H,6-9,11-13H2,1H3,(H,20,21);1H. The van der Waals surface area contributed by atoms with Gasteiger partial charge in [0.25, 0.3) is 5.91 Å². The van der Waals surface area contributed by atoms with Crippen molar-refractivity contribution >= 4 is 24.4 Å². The second kappa shape index (κ2) is 8.51. The van der Waals surface area contributed by atoms with Gasteiger partial charge in [-0.25, -0.2) is 0 Å². The first-order chi connectivity index (χ1) is 11.2. The molecule has 3 rings (SSSR count). The van der Waals surface area contributed by atoms with Gasteiger partial charge in [-0.05, 0) is 38.1 Å². The van der Waals surface area contributed by atoms with Gasteiger partial charge in [0, 0.05) is 24.6 Å². The van der Waals surface area contributed by atoms with Crippen molar-refractivity contribution in [2.45, 2.75) is 12.8 Å². The Morgan fingerprint density at radius 1 is 1.33 bits per heavy atom. The van der Waals surface area contributed by atoms with Crippen molar-refractivity contribution < 1.29 is 14.3 Å². The molecule has 2 aliphatic heterocycles. The van der Waals surface area contributed by atoms with E-state index in [9.17, 15) is 4.79 Å². The molecule has 0 radical (unpaired) electrons. The Balaban J connectivity index is 0.00000208. The van der Waals surface area contributed by atoms with E-state index in [2.05, 4.69) is 10.6 Å². The van der Waals surface area contributed by atoms with Gasteiger partial charge in [-0.15, -0.1) is 12.4 Å². The number of rotatable bonds is 5. The highest BCUT2D eigenvalue weighted by Crippen LogP contribution is 2.29. The lowest BCUT2D eigenvalue weighted by Gasteiger charge is -2.37.